The van der Waals surface area contributed by atoms with Gasteiger partial charge in [-0.05, 0) is 60.6 Å². The van der Waals surface area contributed by atoms with E-state index in [4.69, 9.17) is 4.74 Å². The van der Waals surface area contributed by atoms with Crippen molar-refractivity contribution in [1.29, 1.82) is 0 Å². The third kappa shape index (κ3) is 3.59. The maximum absolute atomic E-state index is 14.0. The minimum absolute atomic E-state index is 0.107. The molecule has 2 aromatic rings. The Kier molecular flexibility index (Phi) is 4.68. The largest absolute Gasteiger partial charge is 0.381 e. The molecule has 2 aliphatic heterocycles. The van der Waals surface area contributed by atoms with E-state index in [1.165, 1.54) is 19.6 Å². The van der Waals surface area contributed by atoms with Gasteiger partial charge in [-0.2, -0.15) is 0 Å². The van der Waals surface area contributed by atoms with Gasteiger partial charge in [0.15, 0.2) is 11.6 Å². The van der Waals surface area contributed by atoms with Crippen LogP contribution in [0.25, 0.3) is 11.3 Å². The van der Waals surface area contributed by atoms with E-state index >= 15 is 0 Å². The van der Waals surface area contributed by atoms with E-state index in [1.54, 1.807) is 12.1 Å². The Morgan fingerprint density at radius 1 is 1.00 bits per heavy atom. The summed E-state index contributed by atoms with van der Waals surface area (Å²) in [6.07, 6.45) is 2.21. The van der Waals surface area contributed by atoms with Crippen LogP contribution in [0.15, 0.2) is 24.3 Å². The topological polar surface area (TPSA) is 50.3 Å². The lowest BCUT2D eigenvalue weighted by Crippen LogP contribution is -2.28. The molecule has 0 spiro atoms. The third-order valence-corrected chi connectivity index (χ3v) is 7.71. The van der Waals surface area contributed by atoms with Crippen molar-refractivity contribution >= 4 is 5.82 Å². The predicted octanol–water partition coefficient (Wildman–Crippen LogP) is 3.58. The Morgan fingerprint density at radius 3 is 2.42 bits per heavy atom. The Labute approximate surface area is 179 Å². The molecule has 4 fully saturated rings. The molecule has 2 saturated carbocycles. The molecule has 2 aliphatic carbocycles. The normalized spacial score (nSPS) is 34.0. The average molecular weight is 430 g/mol. The Balaban J connectivity index is 1.04. The number of anilines is 1. The molecule has 1 aromatic carbocycles. The smallest absolute Gasteiger partial charge is 0.168 e. The fraction of sp³-hybridized carbons (Fsp3) is 0.565. The molecule has 2 saturated heterocycles. The zero-order valence-electron chi connectivity index (χ0n) is 17.1. The summed E-state index contributed by atoms with van der Waals surface area (Å²) in [5, 5.41) is 11.5. The highest BCUT2D eigenvalue weighted by Crippen LogP contribution is 2.52. The number of nitrogens with one attached hydrogen (secondary N) is 1. The van der Waals surface area contributed by atoms with Crippen molar-refractivity contribution < 1.29 is 17.9 Å². The minimum atomic E-state index is -1.23. The Bertz CT molecular complexity index is 964. The summed E-state index contributed by atoms with van der Waals surface area (Å²) in [4.78, 5) is 2.65. The van der Waals surface area contributed by atoms with Crippen LogP contribution in [0.5, 0.6) is 0 Å². The molecule has 0 unspecified atom stereocenters. The Morgan fingerprint density at radius 2 is 1.74 bits per heavy atom. The average Bonchev–Trinajstić information content (AvgIpc) is 3.14. The van der Waals surface area contributed by atoms with Gasteiger partial charge in [0, 0.05) is 37.3 Å². The highest BCUT2D eigenvalue weighted by atomic mass is 19.2. The number of hydrogen-bond acceptors (Lipinski definition) is 5. The van der Waals surface area contributed by atoms with E-state index in [0.717, 1.165) is 49.9 Å². The SMILES string of the molecule is Fc1cc(F)c(F)c(-c2ccc(N[C@H]3C[C@@H]4CN(C[C@H]5[C@@H]6COC[C@@H]65)C[C@@H]4C3)nn2)c1. The molecule has 1 N–H and O–H groups in total. The molecule has 6 rings (SSSR count). The van der Waals surface area contributed by atoms with Gasteiger partial charge in [0.25, 0.3) is 0 Å². The molecule has 0 bridgehead atoms. The molecule has 4 aliphatic rings. The van der Waals surface area contributed by atoms with Crippen molar-refractivity contribution in [3.63, 3.8) is 0 Å². The number of benzene rings is 1. The maximum Gasteiger partial charge on any atom is 0.168 e. The van der Waals surface area contributed by atoms with Gasteiger partial charge < -0.3 is 15.0 Å². The molecule has 6 atom stereocenters. The number of rotatable bonds is 5. The van der Waals surface area contributed by atoms with E-state index < -0.39 is 17.5 Å². The monoisotopic (exact) mass is 430 g/mol. The van der Waals surface area contributed by atoms with Crippen molar-refractivity contribution in [2.75, 3.05) is 38.2 Å². The summed E-state index contributed by atoms with van der Waals surface area (Å²) in [6.45, 7) is 5.50. The van der Waals surface area contributed by atoms with E-state index in [-0.39, 0.29) is 11.3 Å². The number of ether oxygens (including phenoxy) is 1. The number of nitrogens with zero attached hydrogens (tertiary/aromatic N) is 3. The highest BCUT2D eigenvalue weighted by molar-refractivity contribution is 5.60. The second-order valence-electron chi connectivity index (χ2n) is 9.63. The second kappa shape index (κ2) is 7.45. The summed E-state index contributed by atoms with van der Waals surface area (Å²) < 4.78 is 46.4. The summed E-state index contributed by atoms with van der Waals surface area (Å²) in [7, 11) is 0. The molecule has 0 amide bonds. The fourth-order valence-electron chi connectivity index (χ4n) is 6.10. The number of fused-ring (bicyclic) bond motifs is 2. The van der Waals surface area contributed by atoms with Gasteiger partial charge in [0.1, 0.15) is 11.6 Å². The molecule has 3 heterocycles. The van der Waals surface area contributed by atoms with E-state index in [1.807, 2.05) is 0 Å². The lowest BCUT2D eigenvalue weighted by Gasteiger charge is -2.20. The number of halogens is 3. The van der Waals surface area contributed by atoms with Crippen molar-refractivity contribution in [3.8, 4) is 11.3 Å². The molecule has 0 radical (unpaired) electrons. The second-order valence-corrected chi connectivity index (χ2v) is 9.63. The van der Waals surface area contributed by atoms with Gasteiger partial charge in [0.2, 0.25) is 0 Å². The molecular formula is C23H25F3N4O. The Hall–Kier alpha value is -2.19. The van der Waals surface area contributed by atoms with E-state index in [2.05, 4.69) is 20.4 Å². The lowest BCUT2D eigenvalue weighted by molar-refractivity contribution is 0.141. The van der Waals surface area contributed by atoms with Gasteiger partial charge in [-0.15, -0.1) is 10.2 Å². The van der Waals surface area contributed by atoms with Crippen LogP contribution in [0.3, 0.4) is 0 Å². The third-order valence-electron chi connectivity index (χ3n) is 7.71. The maximum atomic E-state index is 14.0. The number of likely N-dealkylation sites (tertiary alicyclic amines) is 1. The van der Waals surface area contributed by atoms with Crippen LogP contribution in [-0.2, 0) is 4.74 Å². The van der Waals surface area contributed by atoms with Crippen molar-refractivity contribution in [2.45, 2.75) is 18.9 Å². The van der Waals surface area contributed by atoms with Crippen LogP contribution < -0.4 is 5.32 Å². The van der Waals surface area contributed by atoms with Crippen molar-refractivity contribution in [2.24, 2.45) is 29.6 Å². The summed E-state index contributed by atoms with van der Waals surface area (Å²) in [5.74, 6) is 1.31. The van der Waals surface area contributed by atoms with Crippen LogP contribution >= 0.6 is 0 Å². The number of hydrogen-bond donors (Lipinski definition) is 1. The van der Waals surface area contributed by atoms with Crippen molar-refractivity contribution in [3.05, 3.63) is 41.7 Å². The van der Waals surface area contributed by atoms with Crippen LogP contribution in [0.4, 0.5) is 19.0 Å². The van der Waals surface area contributed by atoms with E-state index in [0.29, 0.717) is 29.8 Å². The fourth-order valence-corrected chi connectivity index (χ4v) is 6.10. The first-order valence-corrected chi connectivity index (χ1v) is 11.1. The van der Waals surface area contributed by atoms with Crippen LogP contribution in [0.1, 0.15) is 12.8 Å². The van der Waals surface area contributed by atoms with Gasteiger partial charge in [-0.1, -0.05) is 0 Å². The molecular weight excluding hydrogens is 405 g/mol. The van der Waals surface area contributed by atoms with Gasteiger partial charge in [-0.25, -0.2) is 13.2 Å². The first-order chi connectivity index (χ1) is 15.0. The molecule has 31 heavy (non-hydrogen) atoms. The summed E-state index contributed by atoms with van der Waals surface area (Å²) in [5.41, 5.74) is -0.117. The van der Waals surface area contributed by atoms with Crippen LogP contribution in [0.2, 0.25) is 0 Å². The molecule has 8 heteroatoms. The molecule has 164 valence electrons. The van der Waals surface area contributed by atoms with Crippen LogP contribution in [0, 0.1) is 47.0 Å². The first-order valence-electron chi connectivity index (χ1n) is 11.1. The molecule has 5 nitrogen and oxygen atoms in total. The van der Waals surface area contributed by atoms with Crippen LogP contribution in [-0.4, -0.2) is 54.0 Å². The lowest BCUT2D eigenvalue weighted by atomic mass is 10.0. The predicted molar refractivity (Wildman–Crippen MR) is 109 cm³/mol. The zero-order valence-corrected chi connectivity index (χ0v) is 17.1. The quantitative estimate of drug-likeness (QED) is 0.735. The number of aromatic nitrogens is 2. The summed E-state index contributed by atoms with van der Waals surface area (Å²) in [6, 6.07) is 5.03. The molecule has 1 aromatic heterocycles. The zero-order chi connectivity index (χ0) is 21.1. The highest BCUT2D eigenvalue weighted by Gasteiger charge is 2.55. The minimum Gasteiger partial charge on any atom is -0.381 e. The summed E-state index contributed by atoms with van der Waals surface area (Å²) >= 11 is 0. The van der Waals surface area contributed by atoms with Crippen molar-refractivity contribution in [1.82, 2.24) is 15.1 Å². The first kappa shape index (κ1) is 19.5. The standard InChI is InChI=1S/C23H25F3N4O/c24-14-5-16(23(26)20(25)6-14)21-1-2-22(29-28-21)27-15-3-12-7-30(8-13(12)4-15)9-17-18-10-31-11-19(17)18/h1-2,5-6,12-13,15,17-19H,3-4,7-11H2,(H,27,29)/t12-,13+,15+,17-,18-,19+. The van der Waals surface area contributed by atoms with Gasteiger partial charge >= 0.3 is 0 Å². The van der Waals surface area contributed by atoms with Gasteiger partial charge in [-0.3, -0.25) is 0 Å². The van der Waals surface area contributed by atoms with Gasteiger partial charge in [0.05, 0.1) is 18.9 Å². The van der Waals surface area contributed by atoms with E-state index in [9.17, 15) is 13.2 Å².